The normalized spacial score (nSPS) is 14.1. The summed E-state index contributed by atoms with van der Waals surface area (Å²) < 4.78 is 0. The lowest BCUT2D eigenvalue weighted by Gasteiger charge is -2.24. The van der Waals surface area contributed by atoms with Crippen molar-refractivity contribution in [3.8, 4) is 22.3 Å². The molecule has 278 valence electrons. The molecule has 58 heavy (non-hydrogen) atoms. The standard InChI is InChI=1S/C56H44N2/c1-40(57)15-4-3-13-36-58(50-22-5-2-6-23-50)39-41-26-28-45(29-27-41)48-34-35-53-54(38-48)55(46-21-14-20-42-16-7-8-17-43(42)30-32-46)51-24-11-12-25-52(51)56(53)49-33-31-44-18-9-10-19-47(44)37-49/h2-13,15-29,31-35,37-38H,1,14,36,39,57H2/b13-3-,15-4-,42-20-,46-21+. The fourth-order valence-electron chi connectivity index (χ4n) is 8.20. The predicted molar refractivity (Wildman–Crippen MR) is 250 cm³/mol. The first kappa shape index (κ1) is 36.3. The van der Waals surface area contributed by atoms with Crippen LogP contribution in [0.2, 0.25) is 0 Å². The van der Waals surface area contributed by atoms with Crippen molar-refractivity contribution >= 4 is 55.4 Å². The molecule has 0 bridgehead atoms. The summed E-state index contributed by atoms with van der Waals surface area (Å²) in [6.07, 6.45) is 15.6. The maximum atomic E-state index is 5.71. The van der Waals surface area contributed by atoms with Gasteiger partial charge in [0.2, 0.25) is 0 Å². The van der Waals surface area contributed by atoms with Crippen LogP contribution in [0.25, 0.3) is 72.0 Å². The molecule has 1 aliphatic carbocycles. The van der Waals surface area contributed by atoms with E-state index in [4.69, 9.17) is 5.73 Å². The van der Waals surface area contributed by atoms with Gasteiger partial charge in [-0.1, -0.05) is 170 Å². The molecular weight excluding hydrogens is 701 g/mol. The summed E-state index contributed by atoms with van der Waals surface area (Å²) in [6, 6.07) is 59.6. The second-order valence-electron chi connectivity index (χ2n) is 14.9. The topological polar surface area (TPSA) is 29.3 Å². The Bertz CT molecular complexity index is 3080. The number of nitrogens with two attached hydrogens (primary N) is 1. The van der Waals surface area contributed by atoms with Gasteiger partial charge in [0.25, 0.3) is 0 Å². The number of nitrogens with zero attached hydrogens (tertiary/aromatic N) is 1. The number of anilines is 1. The molecule has 0 aliphatic heterocycles. The molecule has 8 aromatic carbocycles. The molecule has 8 aromatic rings. The molecule has 0 heterocycles. The Kier molecular flexibility index (Phi) is 10.2. The predicted octanol–water partition coefficient (Wildman–Crippen LogP) is 12.3. The lowest BCUT2D eigenvalue weighted by Crippen LogP contribution is -2.22. The molecule has 0 saturated carbocycles. The molecular formula is C56H44N2. The van der Waals surface area contributed by atoms with Gasteiger partial charge in [0, 0.05) is 29.7 Å². The van der Waals surface area contributed by atoms with Crippen LogP contribution < -0.4 is 21.1 Å². The largest absolute Gasteiger partial charge is 0.399 e. The van der Waals surface area contributed by atoms with Gasteiger partial charge in [-0.05, 0) is 125 Å². The average molecular weight is 745 g/mol. The highest BCUT2D eigenvalue weighted by Crippen LogP contribution is 2.44. The Morgan fingerprint density at radius 1 is 0.603 bits per heavy atom. The highest BCUT2D eigenvalue weighted by molar-refractivity contribution is 6.20. The lowest BCUT2D eigenvalue weighted by molar-refractivity contribution is 0.867. The summed E-state index contributed by atoms with van der Waals surface area (Å²) in [6.45, 7) is 5.29. The molecule has 0 radical (unpaired) electrons. The first-order valence-electron chi connectivity index (χ1n) is 20.0. The molecule has 0 unspecified atom stereocenters. The van der Waals surface area contributed by atoms with Crippen molar-refractivity contribution in [2.75, 3.05) is 11.4 Å². The number of fused-ring (bicyclic) bond motifs is 4. The molecule has 0 spiro atoms. The summed E-state index contributed by atoms with van der Waals surface area (Å²) in [5.74, 6) is 0. The summed E-state index contributed by atoms with van der Waals surface area (Å²) >= 11 is 0. The van der Waals surface area contributed by atoms with Crippen molar-refractivity contribution in [2.24, 2.45) is 5.73 Å². The minimum atomic E-state index is 0.545. The number of hydrogen-bond donors (Lipinski definition) is 1. The Labute approximate surface area is 340 Å². The second kappa shape index (κ2) is 16.4. The van der Waals surface area contributed by atoms with Gasteiger partial charge in [-0.25, -0.2) is 0 Å². The third kappa shape index (κ3) is 7.58. The highest BCUT2D eigenvalue weighted by atomic mass is 15.1. The van der Waals surface area contributed by atoms with E-state index in [1.807, 2.05) is 18.2 Å². The van der Waals surface area contributed by atoms with E-state index in [9.17, 15) is 0 Å². The number of rotatable bonds is 10. The molecule has 9 rings (SSSR count). The van der Waals surface area contributed by atoms with Crippen molar-refractivity contribution in [3.05, 3.63) is 234 Å². The minimum absolute atomic E-state index is 0.545. The van der Waals surface area contributed by atoms with Crippen LogP contribution in [0, 0.1) is 0 Å². The van der Waals surface area contributed by atoms with Gasteiger partial charge >= 0.3 is 0 Å². The van der Waals surface area contributed by atoms with E-state index in [1.54, 1.807) is 0 Å². The van der Waals surface area contributed by atoms with Crippen LogP contribution >= 0.6 is 0 Å². The maximum Gasteiger partial charge on any atom is 0.0432 e. The third-order valence-corrected chi connectivity index (χ3v) is 11.0. The van der Waals surface area contributed by atoms with E-state index < -0.39 is 0 Å². The Morgan fingerprint density at radius 3 is 2.12 bits per heavy atom. The van der Waals surface area contributed by atoms with Gasteiger partial charge in [-0.3, -0.25) is 0 Å². The van der Waals surface area contributed by atoms with Gasteiger partial charge in [-0.15, -0.1) is 5.73 Å². The monoisotopic (exact) mass is 744 g/mol. The van der Waals surface area contributed by atoms with Crippen molar-refractivity contribution in [1.82, 2.24) is 0 Å². The summed E-state index contributed by atoms with van der Waals surface area (Å²) in [5, 5.41) is 9.78. The zero-order valence-corrected chi connectivity index (χ0v) is 32.5. The molecule has 2 N–H and O–H groups in total. The zero-order valence-electron chi connectivity index (χ0n) is 32.5. The third-order valence-electron chi connectivity index (χ3n) is 11.0. The van der Waals surface area contributed by atoms with Crippen LogP contribution in [0.5, 0.6) is 0 Å². The van der Waals surface area contributed by atoms with Crippen LogP contribution in [0.1, 0.15) is 17.5 Å². The number of benzene rings is 8. The summed E-state index contributed by atoms with van der Waals surface area (Å²) in [7, 11) is 0. The number of hydrogen-bond acceptors (Lipinski definition) is 2. The molecule has 0 aromatic heterocycles. The molecule has 0 fully saturated rings. The van der Waals surface area contributed by atoms with Crippen molar-refractivity contribution in [2.45, 2.75) is 13.0 Å². The fraction of sp³-hybridized carbons (Fsp3) is 0.0536. The van der Waals surface area contributed by atoms with Crippen LogP contribution in [0.15, 0.2) is 213 Å². The Morgan fingerprint density at radius 2 is 1.29 bits per heavy atom. The highest BCUT2D eigenvalue weighted by Gasteiger charge is 2.18. The molecule has 1 aliphatic rings. The zero-order chi connectivity index (χ0) is 39.3. The number of para-hydroxylation sites is 1. The van der Waals surface area contributed by atoms with Gasteiger partial charge in [0.05, 0.1) is 0 Å². The van der Waals surface area contributed by atoms with E-state index >= 15 is 0 Å². The van der Waals surface area contributed by atoms with E-state index in [1.165, 1.54) is 82.2 Å². The first-order valence-corrected chi connectivity index (χ1v) is 20.0. The molecule has 0 atom stereocenters. The smallest absolute Gasteiger partial charge is 0.0432 e. The summed E-state index contributed by atoms with van der Waals surface area (Å²) in [5.41, 5.74) is 19.6. The van der Waals surface area contributed by atoms with Gasteiger partial charge in [0.1, 0.15) is 0 Å². The van der Waals surface area contributed by atoms with Gasteiger partial charge < -0.3 is 10.6 Å². The van der Waals surface area contributed by atoms with E-state index in [0.29, 0.717) is 5.70 Å². The fourth-order valence-corrected chi connectivity index (χ4v) is 8.20. The van der Waals surface area contributed by atoms with E-state index in [2.05, 4.69) is 205 Å². The molecule has 0 saturated heterocycles. The Balaban J connectivity index is 1.17. The molecule has 2 heteroatoms. The maximum absolute atomic E-state index is 5.71. The van der Waals surface area contributed by atoms with Gasteiger partial charge in [0.15, 0.2) is 0 Å². The Hall–Kier alpha value is -7.38. The number of allylic oxidation sites excluding steroid dienone is 6. The molecule has 0 amide bonds. The van der Waals surface area contributed by atoms with Crippen molar-refractivity contribution in [1.29, 1.82) is 0 Å². The van der Waals surface area contributed by atoms with E-state index in [-0.39, 0.29) is 0 Å². The van der Waals surface area contributed by atoms with Crippen molar-refractivity contribution < 1.29 is 0 Å². The van der Waals surface area contributed by atoms with Crippen LogP contribution in [-0.4, -0.2) is 6.54 Å². The quantitative estimate of drug-likeness (QED) is 0.112. The van der Waals surface area contributed by atoms with E-state index in [0.717, 1.165) is 24.7 Å². The van der Waals surface area contributed by atoms with Crippen LogP contribution in [0.3, 0.4) is 0 Å². The van der Waals surface area contributed by atoms with Crippen molar-refractivity contribution in [3.63, 3.8) is 0 Å². The second-order valence-corrected chi connectivity index (χ2v) is 14.9. The summed E-state index contributed by atoms with van der Waals surface area (Å²) in [4.78, 5) is 2.38. The average Bonchev–Trinajstić information content (AvgIpc) is 3.26. The molecule has 2 nitrogen and oxygen atoms in total. The van der Waals surface area contributed by atoms with Crippen LogP contribution in [-0.2, 0) is 6.54 Å². The van der Waals surface area contributed by atoms with Crippen LogP contribution in [0.4, 0.5) is 5.69 Å². The lowest BCUT2D eigenvalue weighted by atomic mass is 9.84. The first-order chi connectivity index (χ1) is 28.6. The SMILES string of the molecule is C=C(N)/C=C\C=C/CN(Cc1ccc(-c2ccc3c(-c4ccc5ccccc5c4)c4ccccc4c(/C4=C/C/C=c5/ccccc5=C=C4)c3c2)cc1)c1ccccc1. The van der Waals surface area contributed by atoms with Gasteiger partial charge in [-0.2, -0.15) is 0 Å². The minimum Gasteiger partial charge on any atom is -0.399 e.